The Bertz CT molecular complexity index is 1600. The molecule has 1 fully saturated rings. The van der Waals surface area contributed by atoms with Crippen molar-refractivity contribution >= 4 is 39.8 Å². The number of hydrogen-bond donors (Lipinski definition) is 3. The summed E-state index contributed by atoms with van der Waals surface area (Å²) < 4.78 is 10.5. The van der Waals surface area contributed by atoms with Gasteiger partial charge >= 0.3 is 12.0 Å². The minimum atomic E-state index is -1.05. The van der Waals surface area contributed by atoms with Crippen LogP contribution in [0.2, 0.25) is 0 Å². The molecule has 0 bridgehead atoms. The summed E-state index contributed by atoms with van der Waals surface area (Å²) in [4.78, 5) is 41.6. The fraction of sp³-hybridized carbons (Fsp3) is 0.250. The van der Waals surface area contributed by atoms with Gasteiger partial charge in [0.05, 0.1) is 42.1 Å². The largest absolute Gasteiger partial charge is 0.480 e. The number of carboxylic acids is 1. The first-order chi connectivity index (χ1) is 19.3. The van der Waals surface area contributed by atoms with Gasteiger partial charge in [0.2, 0.25) is 5.88 Å². The van der Waals surface area contributed by atoms with Gasteiger partial charge in [-0.15, -0.1) is 0 Å². The maximum absolute atomic E-state index is 12.4. The van der Waals surface area contributed by atoms with E-state index in [2.05, 4.69) is 37.1 Å². The van der Waals surface area contributed by atoms with Crippen LogP contribution in [0.5, 0.6) is 11.9 Å². The molecule has 3 heterocycles. The molecule has 0 aliphatic carbocycles. The molecule has 2 aromatic heterocycles. The van der Waals surface area contributed by atoms with E-state index >= 15 is 0 Å². The molecule has 1 aliphatic rings. The molecule has 40 heavy (non-hydrogen) atoms. The number of ether oxygens (including phenoxy) is 2. The van der Waals surface area contributed by atoms with Crippen LogP contribution < -0.4 is 25.4 Å². The molecule has 12 heteroatoms. The van der Waals surface area contributed by atoms with Crippen LogP contribution in [0.3, 0.4) is 0 Å². The average molecular weight is 544 g/mol. The smallest absolute Gasteiger partial charge is 0.335 e. The van der Waals surface area contributed by atoms with Crippen LogP contribution in [0, 0.1) is 0 Å². The maximum Gasteiger partial charge on any atom is 0.335 e. The molecule has 0 atom stereocenters. The van der Waals surface area contributed by atoms with Crippen LogP contribution in [0.15, 0.2) is 48.8 Å². The number of nitrogens with one attached hydrogen (secondary N) is 1. The monoisotopic (exact) mass is 543 g/mol. The Morgan fingerprint density at radius 3 is 2.45 bits per heavy atom. The van der Waals surface area contributed by atoms with Gasteiger partial charge in [0.25, 0.3) is 5.91 Å². The number of aromatic nitrogens is 3. The Labute approximate surface area is 230 Å². The summed E-state index contributed by atoms with van der Waals surface area (Å²) in [6, 6.07) is 10.7. The normalized spacial score (nSPS) is 13.7. The summed E-state index contributed by atoms with van der Waals surface area (Å²) in [5.41, 5.74) is 9.67. The number of amides is 1. The van der Waals surface area contributed by atoms with Crippen LogP contribution in [0.1, 0.15) is 20.7 Å². The fourth-order valence-electron chi connectivity index (χ4n) is 4.68. The van der Waals surface area contributed by atoms with Crippen molar-refractivity contribution in [3.05, 3.63) is 59.9 Å². The van der Waals surface area contributed by atoms with Crippen molar-refractivity contribution in [2.75, 3.05) is 57.7 Å². The molecule has 1 saturated heterocycles. The predicted octanol–water partition coefficient (Wildman–Crippen LogP) is 3.00. The van der Waals surface area contributed by atoms with E-state index in [9.17, 15) is 14.7 Å². The summed E-state index contributed by atoms with van der Waals surface area (Å²) in [6.07, 6.45) is 3.00. The number of likely N-dealkylation sites (N-methyl/N-ethyl adjacent to an activating group) is 1. The second kappa shape index (κ2) is 11.0. The number of piperazine rings is 1. The van der Waals surface area contributed by atoms with Gasteiger partial charge in [0, 0.05) is 55.3 Å². The van der Waals surface area contributed by atoms with Gasteiger partial charge in [-0.05, 0) is 36.9 Å². The van der Waals surface area contributed by atoms with E-state index in [1.54, 1.807) is 18.3 Å². The Hall–Kier alpha value is -4.97. The number of methoxy groups -OCH3 is 2. The molecule has 0 radical (unpaired) electrons. The van der Waals surface area contributed by atoms with E-state index < -0.39 is 11.9 Å². The molecule has 0 unspecified atom stereocenters. The number of nitrogens with zero attached hydrogens (tertiary/aromatic N) is 5. The highest BCUT2D eigenvalue weighted by Gasteiger charge is 2.20. The van der Waals surface area contributed by atoms with Crippen molar-refractivity contribution in [2.45, 2.75) is 0 Å². The SMILES string of the molecule is COc1ncc(-c2ccc3c(Nc4cc(C(=O)O)cc(N5CCN(C)CC5)c4)c(C(N)=O)cnc3c2)c(OC)n1. The van der Waals surface area contributed by atoms with Crippen LogP contribution in [0.25, 0.3) is 22.0 Å². The molecule has 0 saturated carbocycles. The van der Waals surface area contributed by atoms with Gasteiger partial charge in [-0.3, -0.25) is 9.78 Å². The molecule has 4 aromatic rings. The first-order valence-electron chi connectivity index (χ1n) is 12.5. The van der Waals surface area contributed by atoms with E-state index in [0.29, 0.717) is 33.7 Å². The Balaban J connectivity index is 1.58. The van der Waals surface area contributed by atoms with Gasteiger partial charge in [-0.1, -0.05) is 12.1 Å². The number of nitrogens with two attached hydrogens (primary N) is 1. The quantitative estimate of drug-likeness (QED) is 0.300. The topological polar surface area (TPSA) is 156 Å². The predicted molar refractivity (Wildman–Crippen MR) is 151 cm³/mol. The molecule has 12 nitrogen and oxygen atoms in total. The summed E-state index contributed by atoms with van der Waals surface area (Å²) in [5, 5.41) is 13.7. The number of rotatable bonds is 8. The third kappa shape index (κ3) is 5.29. The number of carbonyl (C=O) groups excluding carboxylic acids is 1. The lowest BCUT2D eigenvalue weighted by molar-refractivity contribution is 0.0696. The molecule has 1 amide bonds. The van der Waals surface area contributed by atoms with E-state index in [4.69, 9.17) is 15.2 Å². The molecule has 5 rings (SSSR count). The average Bonchev–Trinajstić information content (AvgIpc) is 2.96. The molecule has 206 valence electrons. The Morgan fingerprint density at radius 2 is 1.77 bits per heavy atom. The third-order valence-electron chi connectivity index (χ3n) is 6.86. The van der Waals surface area contributed by atoms with Crippen molar-refractivity contribution in [3.63, 3.8) is 0 Å². The summed E-state index contributed by atoms with van der Waals surface area (Å²) in [6.45, 7) is 3.27. The Morgan fingerprint density at radius 1 is 1.00 bits per heavy atom. The van der Waals surface area contributed by atoms with Crippen LogP contribution in [0.4, 0.5) is 17.1 Å². The van der Waals surface area contributed by atoms with E-state index in [1.807, 2.05) is 18.2 Å². The minimum absolute atomic E-state index is 0.131. The number of primary amides is 1. The number of anilines is 3. The van der Waals surface area contributed by atoms with Gasteiger partial charge < -0.3 is 35.4 Å². The van der Waals surface area contributed by atoms with Crippen LogP contribution >= 0.6 is 0 Å². The van der Waals surface area contributed by atoms with E-state index in [1.165, 1.54) is 26.5 Å². The summed E-state index contributed by atoms with van der Waals surface area (Å²) in [7, 11) is 5.04. The van der Waals surface area contributed by atoms with Crippen molar-refractivity contribution in [3.8, 4) is 23.0 Å². The zero-order valence-corrected chi connectivity index (χ0v) is 22.3. The highest BCUT2D eigenvalue weighted by atomic mass is 16.5. The lowest BCUT2D eigenvalue weighted by atomic mass is 10.0. The molecular formula is C28H29N7O5. The van der Waals surface area contributed by atoms with Crippen molar-refractivity contribution in [1.29, 1.82) is 0 Å². The van der Waals surface area contributed by atoms with Gasteiger partial charge in [0.1, 0.15) is 0 Å². The highest BCUT2D eigenvalue weighted by molar-refractivity contribution is 6.08. The molecule has 4 N–H and O–H groups in total. The first-order valence-corrected chi connectivity index (χ1v) is 12.5. The second-order valence-electron chi connectivity index (χ2n) is 9.41. The molecular weight excluding hydrogens is 514 g/mol. The number of pyridine rings is 1. The zero-order valence-electron chi connectivity index (χ0n) is 22.3. The first kappa shape index (κ1) is 26.6. The van der Waals surface area contributed by atoms with Crippen molar-refractivity contribution in [2.24, 2.45) is 5.73 Å². The van der Waals surface area contributed by atoms with Gasteiger partial charge in [-0.2, -0.15) is 4.98 Å². The molecule has 2 aromatic carbocycles. The van der Waals surface area contributed by atoms with Crippen LogP contribution in [-0.4, -0.2) is 84.3 Å². The zero-order chi connectivity index (χ0) is 28.4. The number of aromatic carboxylic acids is 1. The highest BCUT2D eigenvalue weighted by Crippen LogP contribution is 2.35. The number of fused-ring (bicyclic) bond motifs is 1. The lowest BCUT2D eigenvalue weighted by Gasteiger charge is -2.34. The lowest BCUT2D eigenvalue weighted by Crippen LogP contribution is -2.44. The van der Waals surface area contributed by atoms with Crippen LogP contribution in [-0.2, 0) is 0 Å². The maximum atomic E-state index is 12.4. The molecule has 0 spiro atoms. The fourth-order valence-corrected chi connectivity index (χ4v) is 4.68. The summed E-state index contributed by atoms with van der Waals surface area (Å²) in [5.74, 6) is -1.38. The van der Waals surface area contributed by atoms with E-state index in [-0.39, 0.29) is 17.1 Å². The van der Waals surface area contributed by atoms with Gasteiger partial charge in [0.15, 0.2) is 0 Å². The van der Waals surface area contributed by atoms with Gasteiger partial charge in [-0.25, -0.2) is 9.78 Å². The number of hydrogen-bond acceptors (Lipinski definition) is 10. The number of benzene rings is 2. The second-order valence-corrected chi connectivity index (χ2v) is 9.41. The number of carboxylic acid groups (broad SMARTS) is 1. The standard InChI is InChI=1S/C28H29N7O5/c1-34-6-8-35(9-7-34)19-11-17(27(37)38)10-18(13-19)32-24-20-5-4-16(12-23(20)30-15-22(24)25(29)36)21-14-31-28(40-3)33-26(21)39-2/h4-5,10-15H,6-9H2,1-3H3,(H2,29,36)(H,30,32)(H,37,38). The Kier molecular flexibility index (Phi) is 7.34. The third-order valence-corrected chi connectivity index (χ3v) is 6.86. The van der Waals surface area contributed by atoms with Crippen molar-refractivity contribution < 1.29 is 24.2 Å². The van der Waals surface area contributed by atoms with E-state index in [0.717, 1.165) is 37.4 Å². The number of carbonyl (C=O) groups is 2. The minimum Gasteiger partial charge on any atom is -0.480 e. The van der Waals surface area contributed by atoms with Crippen molar-refractivity contribution in [1.82, 2.24) is 19.9 Å². The molecule has 1 aliphatic heterocycles. The summed E-state index contributed by atoms with van der Waals surface area (Å²) >= 11 is 0.